The molecule has 1 amide bonds. The van der Waals surface area contributed by atoms with Crippen LogP contribution in [0, 0.1) is 6.92 Å². The van der Waals surface area contributed by atoms with Gasteiger partial charge < -0.3 is 19.7 Å². The van der Waals surface area contributed by atoms with E-state index in [-0.39, 0.29) is 12.5 Å². The zero-order valence-corrected chi connectivity index (χ0v) is 18.7. The summed E-state index contributed by atoms with van der Waals surface area (Å²) < 4.78 is 10.6. The molecule has 0 saturated carbocycles. The second kappa shape index (κ2) is 8.75. The van der Waals surface area contributed by atoms with Crippen LogP contribution in [-0.4, -0.2) is 43.2 Å². The first-order valence-electron chi connectivity index (χ1n) is 9.70. The zero-order chi connectivity index (χ0) is 21.3. The van der Waals surface area contributed by atoms with Crippen LogP contribution in [0.4, 0.5) is 11.4 Å². The second-order valence-electron chi connectivity index (χ2n) is 7.13. The molecule has 3 aromatic rings. The predicted octanol–water partition coefficient (Wildman–Crippen LogP) is 4.66. The maximum atomic E-state index is 13.2. The summed E-state index contributed by atoms with van der Waals surface area (Å²) in [5.41, 5.74) is 2.49. The summed E-state index contributed by atoms with van der Waals surface area (Å²) >= 11 is 7.54. The highest BCUT2D eigenvalue weighted by Gasteiger charge is 2.23. The number of amides is 1. The number of nitrogens with one attached hydrogen (secondary N) is 1. The number of carbonyl (C=O) groups excluding carboxylic acids is 1. The van der Waals surface area contributed by atoms with Gasteiger partial charge in [-0.2, -0.15) is 4.98 Å². The zero-order valence-electron chi connectivity index (χ0n) is 17.1. The molecule has 0 bridgehead atoms. The molecule has 158 valence electrons. The number of nitrogens with zero attached hydrogens (tertiary/aromatic N) is 3. The predicted molar refractivity (Wildman–Crippen MR) is 120 cm³/mol. The molecular formula is C21H23ClN4O3S. The lowest BCUT2D eigenvalue weighted by Gasteiger charge is -2.21. The fraction of sp³-hybridized carbons (Fsp3) is 0.381. The van der Waals surface area contributed by atoms with Gasteiger partial charge in [0.25, 0.3) is 5.91 Å². The number of anilines is 2. The Bertz CT molecular complexity index is 1100. The normalized spacial score (nSPS) is 13.8. The van der Waals surface area contributed by atoms with Crippen LogP contribution in [-0.2, 0) is 11.3 Å². The van der Waals surface area contributed by atoms with Crippen LogP contribution >= 0.6 is 22.9 Å². The van der Waals surface area contributed by atoms with Gasteiger partial charge in [0.15, 0.2) is 5.82 Å². The largest absolute Gasteiger partial charge is 0.480 e. The summed E-state index contributed by atoms with van der Waals surface area (Å²) in [5, 5.41) is 4.39. The number of halogens is 1. The minimum atomic E-state index is -0.200. The average Bonchev–Trinajstić information content (AvgIpc) is 3.36. The smallest absolute Gasteiger partial charge is 0.266 e. The van der Waals surface area contributed by atoms with Crippen molar-refractivity contribution in [2.45, 2.75) is 26.4 Å². The lowest BCUT2D eigenvalue weighted by atomic mass is 10.2. The number of hydrogen-bond donors (Lipinski definition) is 1. The van der Waals surface area contributed by atoms with E-state index < -0.39 is 0 Å². The van der Waals surface area contributed by atoms with Gasteiger partial charge in [0.1, 0.15) is 11.4 Å². The first kappa shape index (κ1) is 20.8. The van der Waals surface area contributed by atoms with Gasteiger partial charge in [0.2, 0.25) is 5.88 Å². The van der Waals surface area contributed by atoms with Crippen molar-refractivity contribution in [3.63, 3.8) is 0 Å². The van der Waals surface area contributed by atoms with Gasteiger partial charge >= 0.3 is 0 Å². The van der Waals surface area contributed by atoms with Crippen molar-refractivity contribution >= 4 is 50.4 Å². The summed E-state index contributed by atoms with van der Waals surface area (Å²) in [4.78, 5) is 25.7. The standard InChI is InChI=1S/C21H23ClN4O3S/c1-12-17-20(29-3)24-16(11-28-2)25-21(17)30-18(12)19(27)23-14-10-13(22)6-7-15(14)26-8-4-5-9-26/h6-7,10H,4-5,8-9,11H2,1-3H3,(H,23,27). The fourth-order valence-corrected chi connectivity index (χ4v) is 4.98. The van der Waals surface area contributed by atoms with E-state index in [2.05, 4.69) is 20.2 Å². The van der Waals surface area contributed by atoms with Crippen LogP contribution in [0.2, 0.25) is 5.02 Å². The number of carbonyl (C=O) groups is 1. The quantitative estimate of drug-likeness (QED) is 0.593. The molecule has 0 aliphatic carbocycles. The monoisotopic (exact) mass is 446 g/mol. The molecule has 2 aromatic heterocycles. The highest BCUT2D eigenvalue weighted by Crippen LogP contribution is 2.37. The van der Waals surface area contributed by atoms with Crippen molar-refractivity contribution in [1.82, 2.24) is 9.97 Å². The number of rotatable bonds is 6. The molecule has 0 atom stereocenters. The van der Waals surface area contributed by atoms with E-state index in [1.165, 1.54) is 11.3 Å². The number of hydrogen-bond acceptors (Lipinski definition) is 7. The summed E-state index contributed by atoms with van der Waals surface area (Å²) in [6, 6.07) is 5.62. The highest BCUT2D eigenvalue weighted by molar-refractivity contribution is 7.20. The van der Waals surface area contributed by atoms with Gasteiger partial charge in [-0.15, -0.1) is 11.3 Å². The van der Waals surface area contributed by atoms with Crippen LogP contribution in [0.3, 0.4) is 0 Å². The average molecular weight is 447 g/mol. The molecule has 0 radical (unpaired) electrons. The van der Waals surface area contributed by atoms with Gasteiger partial charge in [-0.3, -0.25) is 4.79 Å². The van der Waals surface area contributed by atoms with Crippen LogP contribution in [0.15, 0.2) is 18.2 Å². The number of aromatic nitrogens is 2. The Morgan fingerprint density at radius 2 is 2.03 bits per heavy atom. The van der Waals surface area contributed by atoms with E-state index in [0.29, 0.717) is 32.1 Å². The number of methoxy groups -OCH3 is 2. The first-order valence-corrected chi connectivity index (χ1v) is 10.9. The van der Waals surface area contributed by atoms with Crippen LogP contribution < -0.4 is 15.0 Å². The Labute approximate surface area is 184 Å². The molecule has 4 rings (SSSR count). The number of fused-ring (bicyclic) bond motifs is 1. The molecule has 3 heterocycles. The summed E-state index contributed by atoms with van der Waals surface area (Å²) in [7, 11) is 3.14. The Morgan fingerprint density at radius 1 is 1.27 bits per heavy atom. The fourth-order valence-electron chi connectivity index (χ4n) is 3.72. The van der Waals surface area contributed by atoms with Crippen molar-refractivity contribution in [2.24, 2.45) is 0 Å². The summed E-state index contributed by atoms with van der Waals surface area (Å²) in [6.45, 7) is 4.10. The van der Waals surface area contributed by atoms with Gasteiger partial charge in [0.05, 0.1) is 28.7 Å². The molecule has 1 aliphatic rings. The first-order chi connectivity index (χ1) is 14.5. The minimum Gasteiger partial charge on any atom is -0.480 e. The van der Waals surface area contributed by atoms with E-state index >= 15 is 0 Å². The third kappa shape index (κ3) is 3.95. The van der Waals surface area contributed by atoms with E-state index in [1.54, 1.807) is 20.3 Å². The lowest BCUT2D eigenvalue weighted by molar-refractivity contribution is 0.103. The molecule has 1 aromatic carbocycles. The van der Waals surface area contributed by atoms with Crippen molar-refractivity contribution in [2.75, 3.05) is 37.5 Å². The topological polar surface area (TPSA) is 76.6 Å². The lowest BCUT2D eigenvalue weighted by Crippen LogP contribution is -2.21. The molecule has 7 nitrogen and oxygen atoms in total. The molecule has 0 unspecified atom stereocenters. The second-order valence-corrected chi connectivity index (χ2v) is 8.56. The van der Waals surface area contributed by atoms with Gasteiger partial charge in [0, 0.05) is 25.2 Å². The maximum Gasteiger partial charge on any atom is 0.266 e. The Hall–Kier alpha value is -2.42. The SMILES string of the molecule is COCc1nc(OC)c2c(C)c(C(=O)Nc3cc(Cl)ccc3N3CCCC3)sc2n1. The molecule has 1 N–H and O–H groups in total. The third-order valence-electron chi connectivity index (χ3n) is 5.13. The highest BCUT2D eigenvalue weighted by atomic mass is 35.5. The number of benzene rings is 1. The van der Waals surface area contributed by atoms with Crippen molar-refractivity contribution < 1.29 is 14.3 Å². The van der Waals surface area contributed by atoms with Crippen LogP contribution in [0.25, 0.3) is 10.2 Å². The van der Waals surface area contributed by atoms with Gasteiger partial charge in [-0.05, 0) is 43.5 Å². The van der Waals surface area contributed by atoms with Gasteiger partial charge in [-0.1, -0.05) is 11.6 Å². The minimum absolute atomic E-state index is 0.200. The summed E-state index contributed by atoms with van der Waals surface area (Å²) in [6.07, 6.45) is 2.29. The maximum absolute atomic E-state index is 13.2. The Balaban J connectivity index is 1.70. The van der Waals surface area contributed by atoms with E-state index in [1.807, 2.05) is 19.1 Å². The number of aryl methyl sites for hydroxylation is 1. The summed E-state index contributed by atoms with van der Waals surface area (Å²) in [5.74, 6) is 0.759. The molecule has 1 saturated heterocycles. The molecule has 9 heteroatoms. The number of thiophene rings is 1. The van der Waals surface area contributed by atoms with Gasteiger partial charge in [-0.25, -0.2) is 4.98 Å². The number of ether oxygens (including phenoxy) is 2. The van der Waals surface area contributed by atoms with Crippen LogP contribution in [0.5, 0.6) is 5.88 Å². The third-order valence-corrected chi connectivity index (χ3v) is 6.55. The van der Waals surface area contributed by atoms with Crippen molar-refractivity contribution in [3.8, 4) is 5.88 Å². The van der Waals surface area contributed by atoms with E-state index in [4.69, 9.17) is 21.1 Å². The molecule has 1 aliphatic heterocycles. The van der Waals surface area contributed by atoms with E-state index in [0.717, 1.165) is 42.6 Å². The van der Waals surface area contributed by atoms with Crippen molar-refractivity contribution in [3.05, 3.63) is 39.5 Å². The molecule has 1 fully saturated rings. The molecule has 0 spiro atoms. The Morgan fingerprint density at radius 3 is 2.73 bits per heavy atom. The van der Waals surface area contributed by atoms with Crippen molar-refractivity contribution in [1.29, 1.82) is 0 Å². The van der Waals surface area contributed by atoms with Crippen LogP contribution in [0.1, 0.15) is 33.9 Å². The Kier molecular flexibility index (Phi) is 6.08. The van der Waals surface area contributed by atoms with E-state index in [9.17, 15) is 4.79 Å². The molecular weight excluding hydrogens is 424 g/mol. The molecule has 30 heavy (non-hydrogen) atoms.